The van der Waals surface area contributed by atoms with Gasteiger partial charge in [0, 0.05) is 18.4 Å². The van der Waals surface area contributed by atoms with Gasteiger partial charge in [-0.3, -0.25) is 9.48 Å². The van der Waals surface area contributed by atoms with Crippen molar-refractivity contribution in [1.82, 2.24) is 20.4 Å². The van der Waals surface area contributed by atoms with Gasteiger partial charge in [0.2, 0.25) is 5.91 Å². The number of amides is 1. The van der Waals surface area contributed by atoms with Gasteiger partial charge >= 0.3 is 0 Å². The Balaban J connectivity index is 1.89. The van der Waals surface area contributed by atoms with Gasteiger partial charge in [0.1, 0.15) is 0 Å². The van der Waals surface area contributed by atoms with E-state index in [1.807, 2.05) is 23.9 Å². The molecule has 106 valence electrons. The van der Waals surface area contributed by atoms with E-state index in [-0.39, 0.29) is 23.4 Å². The van der Waals surface area contributed by atoms with E-state index in [1.165, 1.54) is 0 Å². The maximum atomic E-state index is 12.3. The summed E-state index contributed by atoms with van der Waals surface area (Å²) in [5, 5.41) is 10.6. The van der Waals surface area contributed by atoms with Crippen LogP contribution in [0.15, 0.2) is 18.5 Å². The molecule has 0 aromatic carbocycles. The molecule has 0 radical (unpaired) electrons. The van der Waals surface area contributed by atoms with Gasteiger partial charge in [0.25, 0.3) is 0 Å². The zero-order valence-corrected chi connectivity index (χ0v) is 12.0. The Kier molecular flexibility index (Phi) is 4.24. The average Bonchev–Trinajstić information content (AvgIpc) is 2.80. The highest BCUT2D eigenvalue weighted by atomic mass is 16.2. The summed E-state index contributed by atoms with van der Waals surface area (Å²) in [6, 6.07) is 1.87. The SMILES string of the molecule is CC(Cn1cccn1)NC(=O)C1NCCCC1(C)C. The van der Waals surface area contributed by atoms with E-state index in [1.54, 1.807) is 6.20 Å². The minimum atomic E-state index is -0.0960. The molecule has 1 saturated heterocycles. The number of nitrogens with one attached hydrogen (secondary N) is 2. The van der Waals surface area contributed by atoms with Crippen LogP contribution in [0.2, 0.25) is 0 Å². The molecular weight excluding hydrogens is 240 g/mol. The summed E-state index contributed by atoms with van der Waals surface area (Å²) in [6.45, 7) is 7.94. The number of piperidine rings is 1. The second-order valence-electron chi connectivity index (χ2n) is 6.12. The van der Waals surface area contributed by atoms with Crippen molar-refractivity contribution >= 4 is 5.91 Å². The predicted molar refractivity (Wildman–Crippen MR) is 74.6 cm³/mol. The third kappa shape index (κ3) is 3.56. The molecule has 2 unspecified atom stereocenters. The van der Waals surface area contributed by atoms with Gasteiger partial charge in [-0.1, -0.05) is 13.8 Å². The molecule has 1 aliphatic heterocycles. The molecule has 1 amide bonds. The number of rotatable bonds is 4. The van der Waals surface area contributed by atoms with Gasteiger partial charge in [0.05, 0.1) is 12.6 Å². The fourth-order valence-electron chi connectivity index (χ4n) is 2.72. The first-order valence-corrected chi connectivity index (χ1v) is 7.00. The monoisotopic (exact) mass is 264 g/mol. The van der Waals surface area contributed by atoms with E-state index in [0.717, 1.165) is 19.4 Å². The van der Waals surface area contributed by atoms with Crippen molar-refractivity contribution in [3.8, 4) is 0 Å². The molecule has 1 aromatic heterocycles. The van der Waals surface area contributed by atoms with Crippen LogP contribution < -0.4 is 10.6 Å². The number of hydrogen-bond acceptors (Lipinski definition) is 3. The van der Waals surface area contributed by atoms with Crippen LogP contribution in [0.3, 0.4) is 0 Å². The smallest absolute Gasteiger partial charge is 0.237 e. The Morgan fingerprint density at radius 1 is 1.63 bits per heavy atom. The van der Waals surface area contributed by atoms with Gasteiger partial charge in [-0.05, 0) is 37.8 Å². The van der Waals surface area contributed by atoms with E-state index in [9.17, 15) is 4.79 Å². The van der Waals surface area contributed by atoms with Crippen LogP contribution in [-0.2, 0) is 11.3 Å². The van der Waals surface area contributed by atoms with E-state index >= 15 is 0 Å². The van der Waals surface area contributed by atoms with Gasteiger partial charge in [-0.15, -0.1) is 0 Å². The molecular formula is C14H24N4O. The molecule has 0 bridgehead atoms. The lowest BCUT2D eigenvalue weighted by Crippen LogP contribution is -2.57. The van der Waals surface area contributed by atoms with Crippen molar-refractivity contribution in [2.24, 2.45) is 5.41 Å². The molecule has 2 atom stereocenters. The van der Waals surface area contributed by atoms with Crippen LogP contribution >= 0.6 is 0 Å². The van der Waals surface area contributed by atoms with E-state index in [0.29, 0.717) is 6.54 Å². The maximum Gasteiger partial charge on any atom is 0.237 e. The molecule has 0 aliphatic carbocycles. The summed E-state index contributed by atoms with van der Waals surface area (Å²) in [5.41, 5.74) is 0.0216. The second-order valence-corrected chi connectivity index (χ2v) is 6.12. The quantitative estimate of drug-likeness (QED) is 0.858. The van der Waals surface area contributed by atoms with Crippen LogP contribution in [0.5, 0.6) is 0 Å². The predicted octanol–water partition coefficient (Wildman–Crippen LogP) is 1.17. The molecule has 0 saturated carbocycles. The van der Waals surface area contributed by atoms with Crippen molar-refractivity contribution in [2.75, 3.05) is 6.54 Å². The molecule has 2 rings (SSSR count). The minimum Gasteiger partial charge on any atom is -0.350 e. The lowest BCUT2D eigenvalue weighted by molar-refractivity contribution is -0.127. The molecule has 2 heterocycles. The highest BCUT2D eigenvalue weighted by Crippen LogP contribution is 2.30. The molecule has 1 fully saturated rings. The minimum absolute atomic E-state index is 0.0216. The second kappa shape index (κ2) is 5.74. The molecule has 19 heavy (non-hydrogen) atoms. The number of hydrogen-bond donors (Lipinski definition) is 2. The van der Waals surface area contributed by atoms with E-state index in [4.69, 9.17) is 0 Å². The number of carbonyl (C=O) groups is 1. The van der Waals surface area contributed by atoms with Crippen LogP contribution in [0.25, 0.3) is 0 Å². The molecule has 5 heteroatoms. The van der Waals surface area contributed by atoms with Crippen molar-refractivity contribution in [3.05, 3.63) is 18.5 Å². The summed E-state index contributed by atoms with van der Waals surface area (Å²) < 4.78 is 1.84. The van der Waals surface area contributed by atoms with Crippen LogP contribution in [-0.4, -0.2) is 34.3 Å². The van der Waals surface area contributed by atoms with Crippen molar-refractivity contribution in [2.45, 2.75) is 52.2 Å². The summed E-state index contributed by atoms with van der Waals surface area (Å²) in [4.78, 5) is 12.3. The first-order valence-electron chi connectivity index (χ1n) is 7.00. The third-order valence-electron chi connectivity index (χ3n) is 3.80. The zero-order valence-electron chi connectivity index (χ0n) is 12.0. The number of nitrogens with zero attached hydrogens (tertiary/aromatic N) is 2. The Morgan fingerprint density at radius 2 is 2.42 bits per heavy atom. The lowest BCUT2D eigenvalue weighted by atomic mass is 9.77. The fraction of sp³-hybridized carbons (Fsp3) is 0.714. The Bertz CT molecular complexity index is 413. The normalized spacial score (nSPS) is 23.8. The fourth-order valence-corrected chi connectivity index (χ4v) is 2.72. The first kappa shape index (κ1) is 14.1. The van der Waals surface area contributed by atoms with Gasteiger partial charge in [0.15, 0.2) is 0 Å². The summed E-state index contributed by atoms with van der Waals surface area (Å²) in [5.74, 6) is 0.101. The topological polar surface area (TPSA) is 59.0 Å². The average molecular weight is 264 g/mol. The van der Waals surface area contributed by atoms with Crippen LogP contribution in [0.1, 0.15) is 33.6 Å². The number of aromatic nitrogens is 2. The van der Waals surface area contributed by atoms with Crippen LogP contribution in [0.4, 0.5) is 0 Å². The standard InChI is InChI=1S/C14H24N4O/c1-11(10-18-9-5-8-16-18)17-13(19)12-14(2,3)6-4-7-15-12/h5,8-9,11-12,15H,4,6-7,10H2,1-3H3,(H,17,19). The van der Waals surface area contributed by atoms with Crippen molar-refractivity contribution < 1.29 is 4.79 Å². The highest BCUT2D eigenvalue weighted by molar-refractivity contribution is 5.83. The Labute approximate surface area is 114 Å². The summed E-state index contributed by atoms with van der Waals surface area (Å²) in [7, 11) is 0. The van der Waals surface area contributed by atoms with Gasteiger partial charge in [-0.2, -0.15) is 5.10 Å². The molecule has 2 N–H and O–H groups in total. The van der Waals surface area contributed by atoms with Crippen molar-refractivity contribution in [1.29, 1.82) is 0 Å². The first-order chi connectivity index (χ1) is 8.99. The molecule has 1 aromatic rings. The van der Waals surface area contributed by atoms with Gasteiger partial charge in [-0.25, -0.2) is 0 Å². The largest absolute Gasteiger partial charge is 0.350 e. The molecule has 0 spiro atoms. The molecule has 1 aliphatic rings. The summed E-state index contributed by atoms with van der Waals surface area (Å²) in [6.07, 6.45) is 5.89. The Morgan fingerprint density at radius 3 is 3.05 bits per heavy atom. The van der Waals surface area contributed by atoms with E-state index in [2.05, 4.69) is 29.6 Å². The van der Waals surface area contributed by atoms with Gasteiger partial charge < -0.3 is 10.6 Å². The van der Waals surface area contributed by atoms with Crippen LogP contribution in [0, 0.1) is 5.41 Å². The third-order valence-corrected chi connectivity index (χ3v) is 3.80. The Hall–Kier alpha value is -1.36. The highest BCUT2D eigenvalue weighted by Gasteiger charge is 2.37. The lowest BCUT2D eigenvalue weighted by Gasteiger charge is -2.38. The molecule has 5 nitrogen and oxygen atoms in total. The number of carbonyl (C=O) groups excluding carboxylic acids is 1. The van der Waals surface area contributed by atoms with E-state index < -0.39 is 0 Å². The maximum absolute atomic E-state index is 12.3. The zero-order chi connectivity index (χ0) is 13.9. The van der Waals surface area contributed by atoms with Crippen molar-refractivity contribution in [3.63, 3.8) is 0 Å². The summed E-state index contributed by atoms with van der Waals surface area (Å²) >= 11 is 0.